The van der Waals surface area contributed by atoms with E-state index in [0.717, 1.165) is 35.4 Å². The second-order valence-electron chi connectivity index (χ2n) is 8.93. The summed E-state index contributed by atoms with van der Waals surface area (Å²) in [7, 11) is 4.77. The number of hydrogen-bond donors (Lipinski definition) is 1. The maximum atomic E-state index is 13.0. The number of carbonyl (C=O) groups excluding carboxylic acids is 1. The van der Waals surface area contributed by atoms with Crippen molar-refractivity contribution in [1.29, 1.82) is 0 Å². The molecular formula is C26H33N3O4. The van der Waals surface area contributed by atoms with Gasteiger partial charge in [-0.3, -0.25) is 9.36 Å². The fraction of sp³-hybridized carbons (Fsp3) is 0.462. The van der Waals surface area contributed by atoms with Gasteiger partial charge >= 0.3 is 0 Å². The quantitative estimate of drug-likeness (QED) is 0.576. The molecule has 3 aromatic rings. The third-order valence-corrected chi connectivity index (χ3v) is 7.02. The number of amides is 1. The number of ether oxygens (including phenoxy) is 3. The third-order valence-electron chi connectivity index (χ3n) is 7.02. The summed E-state index contributed by atoms with van der Waals surface area (Å²) >= 11 is 0. The number of nitrogens with zero attached hydrogens (tertiary/aromatic N) is 2. The first-order valence-corrected chi connectivity index (χ1v) is 11.5. The molecule has 0 aliphatic heterocycles. The zero-order valence-electron chi connectivity index (χ0n) is 20.3. The number of aryl methyl sites for hydroxylation is 1. The number of nitrogens with one attached hydrogen (secondary N) is 1. The molecular weight excluding hydrogens is 418 g/mol. The summed E-state index contributed by atoms with van der Waals surface area (Å²) in [6.45, 7) is 6.45. The highest BCUT2D eigenvalue weighted by molar-refractivity contribution is 5.97. The Kier molecular flexibility index (Phi) is 6.49. The van der Waals surface area contributed by atoms with Crippen LogP contribution in [0.5, 0.6) is 17.2 Å². The predicted octanol–water partition coefficient (Wildman–Crippen LogP) is 4.91. The third kappa shape index (κ3) is 4.24. The first-order chi connectivity index (χ1) is 15.9. The van der Waals surface area contributed by atoms with Gasteiger partial charge in [-0.1, -0.05) is 26.7 Å². The first-order valence-electron chi connectivity index (χ1n) is 11.5. The van der Waals surface area contributed by atoms with Crippen molar-refractivity contribution in [3.63, 3.8) is 0 Å². The summed E-state index contributed by atoms with van der Waals surface area (Å²) in [5, 5.41) is 3.26. The molecule has 1 heterocycles. The summed E-state index contributed by atoms with van der Waals surface area (Å²) in [6.07, 6.45) is 3.43. The summed E-state index contributed by atoms with van der Waals surface area (Å²) in [5.74, 6) is 3.54. The lowest BCUT2D eigenvalue weighted by atomic mass is 9.78. The molecule has 0 bridgehead atoms. The SMILES string of the molecule is COc1cc(-n2c(C)nc3cc(C(=O)N[C@@H]4CCC[C@H](C)[C@H]4C)ccc32)cc(OC)c1OC. The molecule has 1 fully saturated rings. The van der Waals surface area contributed by atoms with E-state index in [2.05, 4.69) is 19.2 Å². The van der Waals surface area contributed by atoms with Gasteiger partial charge in [-0.05, 0) is 43.4 Å². The van der Waals surface area contributed by atoms with Crippen LogP contribution in [-0.2, 0) is 0 Å². The fourth-order valence-corrected chi connectivity index (χ4v) is 4.90. The van der Waals surface area contributed by atoms with Gasteiger partial charge in [-0.15, -0.1) is 0 Å². The fourth-order valence-electron chi connectivity index (χ4n) is 4.90. The second kappa shape index (κ2) is 9.33. The molecule has 0 unspecified atom stereocenters. The monoisotopic (exact) mass is 451 g/mol. The summed E-state index contributed by atoms with van der Waals surface area (Å²) in [6, 6.07) is 9.67. The maximum Gasteiger partial charge on any atom is 0.251 e. The molecule has 1 aliphatic rings. The van der Waals surface area contributed by atoms with Gasteiger partial charge in [-0.25, -0.2) is 4.98 Å². The van der Waals surface area contributed by atoms with Crippen LogP contribution in [-0.4, -0.2) is 42.8 Å². The smallest absolute Gasteiger partial charge is 0.251 e. The summed E-state index contributed by atoms with van der Waals surface area (Å²) in [5.41, 5.74) is 3.13. The molecule has 1 aliphatic carbocycles. The molecule has 0 radical (unpaired) electrons. The number of hydrogen-bond acceptors (Lipinski definition) is 5. The van der Waals surface area contributed by atoms with Crippen LogP contribution in [0.1, 0.15) is 49.3 Å². The standard InChI is InChI=1S/C26H33N3O4/c1-15-8-7-9-20(16(15)2)28-26(30)18-10-11-22-21(12-18)27-17(3)29(22)19-13-23(31-4)25(33-6)24(14-19)32-5/h10-16,20H,7-9H2,1-6H3,(H,28,30)/t15-,16+,20+/m0/s1. The van der Waals surface area contributed by atoms with E-state index >= 15 is 0 Å². The topological polar surface area (TPSA) is 74.6 Å². The first kappa shape index (κ1) is 23.0. The van der Waals surface area contributed by atoms with Gasteiger partial charge in [0.05, 0.1) is 38.1 Å². The van der Waals surface area contributed by atoms with E-state index in [4.69, 9.17) is 19.2 Å². The highest BCUT2D eigenvalue weighted by atomic mass is 16.5. The Bertz CT molecular complexity index is 1140. The number of aromatic nitrogens is 2. The summed E-state index contributed by atoms with van der Waals surface area (Å²) in [4.78, 5) is 17.7. The predicted molar refractivity (Wildman–Crippen MR) is 129 cm³/mol. The number of rotatable bonds is 6. The highest BCUT2D eigenvalue weighted by Crippen LogP contribution is 2.40. The Morgan fingerprint density at radius 3 is 2.36 bits per heavy atom. The molecule has 1 saturated carbocycles. The number of carbonyl (C=O) groups is 1. The normalized spacial score (nSPS) is 20.5. The van der Waals surface area contributed by atoms with Crippen molar-refractivity contribution in [3.8, 4) is 22.9 Å². The lowest BCUT2D eigenvalue weighted by molar-refractivity contribution is 0.0891. The van der Waals surface area contributed by atoms with E-state index in [1.165, 1.54) is 6.42 Å². The van der Waals surface area contributed by atoms with E-state index in [9.17, 15) is 4.79 Å². The van der Waals surface area contributed by atoms with E-state index in [-0.39, 0.29) is 11.9 Å². The number of fused-ring (bicyclic) bond motifs is 1. The minimum Gasteiger partial charge on any atom is -0.493 e. The zero-order valence-corrected chi connectivity index (χ0v) is 20.3. The molecule has 1 aromatic heterocycles. The van der Waals surface area contributed by atoms with Crippen molar-refractivity contribution in [2.45, 2.75) is 46.1 Å². The molecule has 0 saturated heterocycles. The van der Waals surface area contributed by atoms with E-state index in [0.29, 0.717) is 34.6 Å². The van der Waals surface area contributed by atoms with Gasteiger partial charge in [0.25, 0.3) is 5.91 Å². The van der Waals surface area contributed by atoms with Crippen molar-refractivity contribution in [2.75, 3.05) is 21.3 Å². The average Bonchev–Trinajstić information content (AvgIpc) is 3.15. The number of imidazole rings is 1. The molecule has 7 heteroatoms. The highest BCUT2D eigenvalue weighted by Gasteiger charge is 2.28. The van der Waals surface area contributed by atoms with Crippen LogP contribution in [0.15, 0.2) is 30.3 Å². The second-order valence-corrected chi connectivity index (χ2v) is 8.93. The van der Waals surface area contributed by atoms with Crippen LogP contribution in [0.25, 0.3) is 16.7 Å². The molecule has 33 heavy (non-hydrogen) atoms. The van der Waals surface area contributed by atoms with Gasteiger partial charge < -0.3 is 19.5 Å². The largest absolute Gasteiger partial charge is 0.493 e. The Labute approximate surface area is 195 Å². The van der Waals surface area contributed by atoms with Crippen molar-refractivity contribution >= 4 is 16.9 Å². The molecule has 4 rings (SSSR count). The van der Waals surface area contributed by atoms with Gasteiger partial charge in [0, 0.05) is 23.7 Å². The minimum atomic E-state index is -0.0390. The van der Waals surface area contributed by atoms with Gasteiger partial charge in [-0.2, -0.15) is 0 Å². The van der Waals surface area contributed by atoms with Gasteiger partial charge in [0.15, 0.2) is 11.5 Å². The van der Waals surface area contributed by atoms with E-state index in [1.807, 2.05) is 41.8 Å². The van der Waals surface area contributed by atoms with Crippen LogP contribution in [0.4, 0.5) is 0 Å². The van der Waals surface area contributed by atoms with E-state index in [1.54, 1.807) is 21.3 Å². The Morgan fingerprint density at radius 1 is 1.03 bits per heavy atom. The number of benzene rings is 2. The van der Waals surface area contributed by atoms with Crippen molar-refractivity contribution in [2.24, 2.45) is 11.8 Å². The van der Waals surface area contributed by atoms with Crippen molar-refractivity contribution < 1.29 is 19.0 Å². The Morgan fingerprint density at radius 2 is 1.73 bits per heavy atom. The maximum absolute atomic E-state index is 13.0. The van der Waals surface area contributed by atoms with Crippen LogP contribution in [0, 0.1) is 18.8 Å². The molecule has 1 N–H and O–H groups in total. The Balaban J connectivity index is 1.68. The minimum absolute atomic E-state index is 0.0390. The number of methoxy groups -OCH3 is 3. The van der Waals surface area contributed by atoms with Crippen molar-refractivity contribution in [3.05, 3.63) is 41.7 Å². The lowest BCUT2D eigenvalue weighted by Gasteiger charge is -2.34. The average molecular weight is 452 g/mol. The zero-order chi connectivity index (χ0) is 23.7. The Hall–Kier alpha value is -3.22. The van der Waals surface area contributed by atoms with Crippen LogP contribution in [0.2, 0.25) is 0 Å². The molecule has 0 spiro atoms. The van der Waals surface area contributed by atoms with Crippen LogP contribution in [0.3, 0.4) is 0 Å². The molecule has 176 valence electrons. The molecule has 3 atom stereocenters. The van der Waals surface area contributed by atoms with Gasteiger partial charge in [0.1, 0.15) is 5.82 Å². The van der Waals surface area contributed by atoms with Gasteiger partial charge in [0.2, 0.25) is 5.75 Å². The molecule has 1 amide bonds. The van der Waals surface area contributed by atoms with Crippen LogP contribution < -0.4 is 19.5 Å². The molecule has 7 nitrogen and oxygen atoms in total. The summed E-state index contributed by atoms with van der Waals surface area (Å²) < 4.78 is 18.5. The lowest BCUT2D eigenvalue weighted by Crippen LogP contribution is -2.43. The van der Waals surface area contributed by atoms with Crippen molar-refractivity contribution in [1.82, 2.24) is 14.9 Å². The van der Waals surface area contributed by atoms with E-state index < -0.39 is 0 Å². The molecule has 2 aromatic carbocycles. The van der Waals surface area contributed by atoms with Crippen LogP contribution >= 0.6 is 0 Å².